The molecule has 0 spiro atoms. The summed E-state index contributed by atoms with van der Waals surface area (Å²) >= 11 is 0. The third-order valence-electron chi connectivity index (χ3n) is 3.04. The Hall–Kier alpha value is -2.58. The van der Waals surface area contributed by atoms with Gasteiger partial charge in [0.25, 0.3) is 0 Å². The van der Waals surface area contributed by atoms with Gasteiger partial charge in [-0.15, -0.1) is 0 Å². The van der Waals surface area contributed by atoms with Gasteiger partial charge in [-0.25, -0.2) is 0 Å². The van der Waals surface area contributed by atoms with Crippen LogP contribution in [-0.4, -0.2) is 0 Å². The topological polar surface area (TPSA) is 33.7 Å². The molecular weight excluding hydrogens is 244 g/mol. The van der Waals surface area contributed by atoms with Crippen LogP contribution in [0.1, 0.15) is 0 Å². The number of para-hydroxylation sites is 3. The first-order valence-corrected chi connectivity index (χ1v) is 6.40. The zero-order valence-corrected chi connectivity index (χ0v) is 11.1. The normalized spacial score (nSPS) is 9.60. The van der Waals surface area contributed by atoms with E-state index in [9.17, 15) is 0 Å². The monoisotopic (exact) mass is 259 g/mol. The molecule has 3 aromatic carbocycles. The van der Waals surface area contributed by atoms with Crippen molar-refractivity contribution in [2.75, 3.05) is 4.90 Å². The quantitative estimate of drug-likeness (QED) is 0.672. The minimum absolute atomic E-state index is 0. The third kappa shape index (κ3) is 2.87. The molecule has 0 aliphatic heterocycles. The Morgan fingerprint density at radius 2 is 0.650 bits per heavy atom. The Bertz CT molecular complexity index is 527. The predicted molar refractivity (Wildman–Crippen MR) is 83.3 cm³/mol. The molecule has 0 aromatic heterocycles. The smallest absolute Gasteiger partial charge is 0.0461 e. The van der Waals surface area contributed by atoms with Crippen LogP contribution in [-0.2, 0) is 0 Å². The molecule has 0 atom stereocenters. The van der Waals surface area contributed by atoms with Crippen molar-refractivity contribution in [3.05, 3.63) is 91.0 Å². The van der Waals surface area contributed by atoms with Crippen LogP contribution in [0.25, 0.3) is 0 Å². The molecule has 0 aliphatic carbocycles. The summed E-state index contributed by atoms with van der Waals surface area (Å²) in [7, 11) is 0. The van der Waals surface area contributed by atoms with Crippen LogP contribution in [0.4, 0.5) is 17.1 Å². The SMILES string of the molecule is [N].c1ccc(N(c2ccccc2)c2ccccc2)cc1. The summed E-state index contributed by atoms with van der Waals surface area (Å²) in [5.41, 5.74) is 3.50. The van der Waals surface area contributed by atoms with Gasteiger partial charge in [-0.2, -0.15) is 0 Å². The van der Waals surface area contributed by atoms with E-state index in [1.165, 1.54) is 17.1 Å². The molecule has 3 radical (unpaired) electrons. The van der Waals surface area contributed by atoms with Gasteiger partial charge in [-0.3, -0.25) is 0 Å². The molecule has 0 saturated carbocycles. The maximum atomic E-state index is 2.25. The predicted octanol–water partition coefficient (Wildman–Crippen LogP) is 4.68. The van der Waals surface area contributed by atoms with E-state index in [-0.39, 0.29) is 6.15 Å². The summed E-state index contributed by atoms with van der Waals surface area (Å²) in [6.07, 6.45) is 0. The standard InChI is InChI=1S/C18H15N.N/c1-4-10-16(11-5-1)19(17-12-6-2-7-13-17)18-14-8-3-9-15-18;/h1-15H;. The number of benzene rings is 3. The molecule has 0 amide bonds. The first kappa shape index (κ1) is 13.8. The number of hydrogen-bond acceptors (Lipinski definition) is 1. The van der Waals surface area contributed by atoms with E-state index in [1.54, 1.807) is 0 Å². The first-order chi connectivity index (χ1) is 9.45. The fraction of sp³-hybridized carbons (Fsp3) is 0. The summed E-state index contributed by atoms with van der Waals surface area (Å²) < 4.78 is 0. The van der Waals surface area contributed by atoms with Crippen molar-refractivity contribution in [1.29, 1.82) is 0 Å². The van der Waals surface area contributed by atoms with E-state index in [1.807, 2.05) is 18.2 Å². The molecule has 0 heterocycles. The van der Waals surface area contributed by atoms with Crippen molar-refractivity contribution in [1.82, 2.24) is 6.15 Å². The second-order valence-electron chi connectivity index (χ2n) is 4.34. The molecule has 2 nitrogen and oxygen atoms in total. The molecule has 2 heteroatoms. The molecule has 0 aliphatic rings. The Balaban J connectivity index is 0.00000147. The summed E-state index contributed by atoms with van der Waals surface area (Å²) in [6.45, 7) is 0. The van der Waals surface area contributed by atoms with Crippen LogP contribution in [0.15, 0.2) is 91.0 Å². The summed E-state index contributed by atoms with van der Waals surface area (Å²) in [5, 5.41) is 0. The highest BCUT2D eigenvalue weighted by Crippen LogP contribution is 2.33. The van der Waals surface area contributed by atoms with Crippen LogP contribution in [0.2, 0.25) is 0 Å². The maximum Gasteiger partial charge on any atom is 0.0461 e. The second-order valence-corrected chi connectivity index (χ2v) is 4.34. The van der Waals surface area contributed by atoms with Crippen molar-refractivity contribution in [2.24, 2.45) is 0 Å². The molecule has 97 valence electrons. The van der Waals surface area contributed by atoms with Gasteiger partial charge in [0.15, 0.2) is 0 Å². The molecule has 0 saturated heterocycles. The number of nitrogens with zero attached hydrogens (tertiary/aromatic N) is 2. The van der Waals surface area contributed by atoms with E-state index >= 15 is 0 Å². The molecule has 3 rings (SSSR count). The van der Waals surface area contributed by atoms with Crippen molar-refractivity contribution >= 4 is 17.1 Å². The summed E-state index contributed by atoms with van der Waals surface area (Å²) in [4.78, 5) is 2.25. The highest BCUT2D eigenvalue weighted by atomic mass is 15.1. The number of anilines is 3. The molecule has 0 unspecified atom stereocenters. The van der Waals surface area contributed by atoms with E-state index in [2.05, 4.69) is 77.7 Å². The minimum atomic E-state index is 0. The Morgan fingerprint density at radius 1 is 0.400 bits per heavy atom. The van der Waals surface area contributed by atoms with Gasteiger partial charge in [0, 0.05) is 23.2 Å². The Kier molecular flexibility index (Phi) is 4.53. The summed E-state index contributed by atoms with van der Waals surface area (Å²) in [5.74, 6) is 0. The lowest BCUT2D eigenvalue weighted by atomic mass is 10.2. The van der Waals surface area contributed by atoms with Crippen LogP contribution in [0.3, 0.4) is 0 Å². The van der Waals surface area contributed by atoms with E-state index in [0.717, 1.165) is 0 Å². The van der Waals surface area contributed by atoms with Crippen molar-refractivity contribution in [3.8, 4) is 0 Å². The summed E-state index contributed by atoms with van der Waals surface area (Å²) in [6, 6.07) is 31.3. The van der Waals surface area contributed by atoms with Gasteiger partial charge in [0.2, 0.25) is 0 Å². The van der Waals surface area contributed by atoms with Crippen molar-refractivity contribution in [3.63, 3.8) is 0 Å². The van der Waals surface area contributed by atoms with Gasteiger partial charge >= 0.3 is 0 Å². The molecule has 3 aromatic rings. The lowest BCUT2D eigenvalue weighted by molar-refractivity contribution is 1.28. The number of hydrogen-bond donors (Lipinski definition) is 0. The zero-order valence-electron chi connectivity index (χ0n) is 11.1. The van der Waals surface area contributed by atoms with Crippen molar-refractivity contribution < 1.29 is 0 Å². The van der Waals surface area contributed by atoms with Crippen LogP contribution < -0.4 is 11.1 Å². The molecular formula is C18H15N2. The molecule has 0 N–H and O–H groups in total. The second kappa shape index (κ2) is 6.55. The first-order valence-electron chi connectivity index (χ1n) is 6.40. The maximum absolute atomic E-state index is 2.25. The highest BCUT2D eigenvalue weighted by Gasteiger charge is 2.10. The van der Waals surface area contributed by atoms with Gasteiger partial charge in [-0.05, 0) is 36.4 Å². The lowest BCUT2D eigenvalue weighted by Gasteiger charge is -2.25. The van der Waals surface area contributed by atoms with E-state index in [4.69, 9.17) is 0 Å². The lowest BCUT2D eigenvalue weighted by Crippen LogP contribution is -2.09. The van der Waals surface area contributed by atoms with E-state index < -0.39 is 0 Å². The van der Waals surface area contributed by atoms with Gasteiger partial charge < -0.3 is 4.90 Å². The van der Waals surface area contributed by atoms with Crippen LogP contribution >= 0.6 is 0 Å². The van der Waals surface area contributed by atoms with Crippen LogP contribution in [0, 0.1) is 0 Å². The zero-order chi connectivity index (χ0) is 12.9. The minimum Gasteiger partial charge on any atom is -0.311 e. The fourth-order valence-electron chi connectivity index (χ4n) is 2.18. The third-order valence-corrected chi connectivity index (χ3v) is 3.04. The van der Waals surface area contributed by atoms with Gasteiger partial charge in [0.1, 0.15) is 0 Å². The molecule has 20 heavy (non-hydrogen) atoms. The molecule has 0 fully saturated rings. The largest absolute Gasteiger partial charge is 0.311 e. The molecule has 0 bridgehead atoms. The van der Waals surface area contributed by atoms with Crippen LogP contribution in [0.5, 0.6) is 0 Å². The fourth-order valence-corrected chi connectivity index (χ4v) is 2.18. The van der Waals surface area contributed by atoms with Gasteiger partial charge in [0.05, 0.1) is 0 Å². The van der Waals surface area contributed by atoms with E-state index in [0.29, 0.717) is 0 Å². The number of rotatable bonds is 3. The average molecular weight is 259 g/mol. The Morgan fingerprint density at radius 3 is 0.900 bits per heavy atom. The van der Waals surface area contributed by atoms with Crippen molar-refractivity contribution in [2.45, 2.75) is 0 Å². The Labute approximate surface area is 119 Å². The van der Waals surface area contributed by atoms with Gasteiger partial charge in [-0.1, -0.05) is 54.6 Å². The highest BCUT2D eigenvalue weighted by molar-refractivity contribution is 5.76. The average Bonchev–Trinajstić information content (AvgIpc) is 2.51.